The van der Waals surface area contributed by atoms with Gasteiger partial charge in [-0.15, -0.1) is 11.3 Å². The number of benzene rings is 2. The van der Waals surface area contributed by atoms with Crippen LogP contribution >= 0.6 is 22.9 Å². The molecule has 0 spiro atoms. The summed E-state index contributed by atoms with van der Waals surface area (Å²) in [6.45, 7) is 9.63. The van der Waals surface area contributed by atoms with Gasteiger partial charge in [-0.25, -0.2) is 4.79 Å². The first-order chi connectivity index (χ1) is 15.2. The number of esters is 1. The molecule has 0 saturated heterocycles. The molecule has 1 aromatic heterocycles. The van der Waals surface area contributed by atoms with Crippen LogP contribution in [-0.4, -0.2) is 25.1 Å². The maximum absolute atomic E-state index is 12.7. The quantitative estimate of drug-likeness (QED) is 0.399. The Morgan fingerprint density at radius 1 is 1.00 bits per heavy atom. The maximum Gasteiger partial charge on any atom is 0.341 e. The van der Waals surface area contributed by atoms with Gasteiger partial charge >= 0.3 is 5.97 Å². The number of hydrogen-bond donors (Lipinski definition) is 1. The van der Waals surface area contributed by atoms with E-state index in [4.69, 9.17) is 21.1 Å². The summed E-state index contributed by atoms with van der Waals surface area (Å²) in [6, 6.07) is 9.58. The predicted octanol–water partition coefficient (Wildman–Crippen LogP) is 6.50. The molecule has 1 heterocycles. The highest BCUT2D eigenvalue weighted by Crippen LogP contribution is 2.37. The van der Waals surface area contributed by atoms with Crippen molar-refractivity contribution in [2.24, 2.45) is 0 Å². The van der Waals surface area contributed by atoms with Gasteiger partial charge in [0.2, 0.25) is 0 Å². The van der Waals surface area contributed by atoms with Crippen LogP contribution in [0.3, 0.4) is 0 Å². The van der Waals surface area contributed by atoms with Crippen LogP contribution in [0, 0.1) is 27.7 Å². The molecule has 0 unspecified atom stereocenters. The Morgan fingerprint density at radius 3 is 2.31 bits per heavy atom. The zero-order chi connectivity index (χ0) is 23.4. The number of nitrogens with one attached hydrogen (secondary N) is 1. The molecule has 0 fully saturated rings. The lowest BCUT2D eigenvalue weighted by Crippen LogP contribution is -2.21. The molecule has 7 heteroatoms. The third-order valence-electron chi connectivity index (χ3n) is 5.12. The molecule has 0 saturated carbocycles. The number of hydrogen-bond acceptors (Lipinski definition) is 5. The molecule has 0 aliphatic heterocycles. The van der Waals surface area contributed by atoms with Gasteiger partial charge in [-0.1, -0.05) is 29.8 Å². The molecule has 168 valence electrons. The van der Waals surface area contributed by atoms with Crippen LogP contribution in [0.15, 0.2) is 35.7 Å². The van der Waals surface area contributed by atoms with E-state index >= 15 is 0 Å². The normalized spacial score (nSPS) is 10.7. The van der Waals surface area contributed by atoms with E-state index in [1.54, 1.807) is 19.1 Å². The number of carbonyl (C=O) groups excluding carboxylic acids is 2. The van der Waals surface area contributed by atoms with Crippen molar-refractivity contribution in [3.63, 3.8) is 0 Å². The average molecular weight is 472 g/mol. The molecule has 0 atom stereocenters. The van der Waals surface area contributed by atoms with Crippen LogP contribution in [0.2, 0.25) is 5.02 Å². The van der Waals surface area contributed by atoms with Gasteiger partial charge in [0.05, 0.1) is 6.61 Å². The van der Waals surface area contributed by atoms with Gasteiger partial charge in [-0.2, -0.15) is 0 Å². The van der Waals surface area contributed by atoms with Gasteiger partial charge in [-0.3, -0.25) is 4.79 Å². The molecule has 0 aliphatic rings. The SMILES string of the molecule is CCOC(=O)c1c(-c2ccc(C)c(C)c2)csc1NC(=O)COc1cc(C)c(Cl)c(C)c1. The summed E-state index contributed by atoms with van der Waals surface area (Å²) in [4.78, 5) is 25.3. The molecule has 3 rings (SSSR count). The third kappa shape index (κ3) is 5.31. The first kappa shape index (κ1) is 23.8. The van der Waals surface area contributed by atoms with E-state index in [1.165, 1.54) is 16.9 Å². The van der Waals surface area contributed by atoms with Crippen molar-refractivity contribution in [2.75, 3.05) is 18.5 Å². The fourth-order valence-electron chi connectivity index (χ4n) is 3.28. The van der Waals surface area contributed by atoms with Crippen LogP contribution in [0.1, 0.15) is 39.5 Å². The van der Waals surface area contributed by atoms with Crippen LogP contribution in [0.5, 0.6) is 5.75 Å². The van der Waals surface area contributed by atoms with Gasteiger partial charge in [-0.05, 0) is 74.6 Å². The smallest absolute Gasteiger partial charge is 0.341 e. The first-order valence-corrected chi connectivity index (χ1v) is 11.5. The molecular formula is C25H26ClNO4S. The summed E-state index contributed by atoms with van der Waals surface area (Å²) in [7, 11) is 0. The molecule has 0 aliphatic carbocycles. The highest BCUT2D eigenvalue weighted by molar-refractivity contribution is 7.15. The van der Waals surface area contributed by atoms with E-state index in [0.717, 1.165) is 27.8 Å². The second-order valence-electron chi connectivity index (χ2n) is 7.58. The zero-order valence-electron chi connectivity index (χ0n) is 18.8. The largest absolute Gasteiger partial charge is 0.484 e. The predicted molar refractivity (Wildman–Crippen MR) is 130 cm³/mol. The topological polar surface area (TPSA) is 64.6 Å². The minimum absolute atomic E-state index is 0.195. The van der Waals surface area contributed by atoms with Crippen molar-refractivity contribution < 1.29 is 19.1 Å². The number of thiophene rings is 1. The van der Waals surface area contributed by atoms with Crippen molar-refractivity contribution in [3.8, 4) is 16.9 Å². The van der Waals surface area contributed by atoms with E-state index in [2.05, 4.69) is 5.32 Å². The van der Waals surface area contributed by atoms with Crippen molar-refractivity contribution in [1.82, 2.24) is 0 Å². The molecule has 5 nitrogen and oxygen atoms in total. The molecule has 1 N–H and O–H groups in total. The van der Waals surface area contributed by atoms with Gasteiger partial charge in [0, 0.05) is 16.0 Å². The Kier molecular flexibility index (Phi) is 7.59. The molecular weight excluding hydrogens is 446 g/mol. The minimum Gasteiger partial charge on any atom is -0.484 e. The van der Waals surface area contributed by atoms with E-state index in [-0.39, 0.29) is 19.1 Å². The van der Waals surface area contributed by atoms with Gasteiger partial charge in [0.25, 0.3) is 5.91 Å². The van der Waals surface area contributed by atoms with E-state index < -0.39 is 5.97 Å². The minimum atomic E-state index is -0.470. The number of rotatable bonds is 7. The summed E-state index contributed by atoms with van der Waals surface area (Å²) in [5, 5.41) is 5.78. The molecule has 32 heavy (non-hydrogen) atoms. The zero-order valence-corrected chi connectivity index (χ0v) is 20.4. The monoisotopic (exact) mass is 471 g/mol. The second-order valence-corrected chi connectivity index (χ2v) is 8.84. The summed E-state index contributed by atoms with van der Waals surface area (Å²) < 4.78 is 10.9. The average Bonchev–Trinajstić information content (AvgIpc) is 3.16. The fraction of sp³-hybridized carbons (Fsp3) is 0.280. The van der Waals surface area contributed by atoms with Crippen LogP contribution in [0.25, 0.3) is 11.1 Å². The van der Waals surface area contributed by atoms with Crippen molar-refractivity contribution in [1.29, 1.82) is 0 Å². The molecule has 3 aromatic rings. The van der Waals surface area contributed by atoms with E-state index in [0.29, 0.717) is 21.3 Å². The van der Waals surface area contributed by atoms with E-state index in [1.807, 2.05) is 51.3 Å². The van der Waals surface area contributed by atoms with E-state index in [9.17, 15) is 9.59 Å². The number of aryl methyl sites for hydroxylation is 4. The number of anilines is 1. The highest BCUT2D eigenvalue weighted by atomic mass is 35.5. The maximum atomic E-state index is 12.7. The Hall–Kier alpha value is -2.83. The lowest BCUT2D eigenvalue weighted by atomic mass is 9.99. The molecule has 0 bridgehead atoms. The Morgan fingerprint density at radius 2 is 1.69 bits per heavy atom. The van der Waals surface area contributed by atoms with Gasteiger partial charge in [0.15, 0.2) is 6.61 Å². The summed E-state index contributed by atoms with van der Waals surface area (Å²) in [5.41, 5.74) is 6.03. The Balaban J connectivity index is 1.82. The van der Waals surface area contributed by atoms with Crippen LogP contribution < -0.4 is 10.1 Å². The Bertz CT molecular complexity index is 1150. The number of halogens is 1. The highest BCUT2D eigenvalue weighted by Gasteiger charge is 2.23. The number of carbonyl (C=O) groups is 2. The molecule has 0 radical (unpaired) electrons. The Labute approximate surface area is 197 Å². The summed E-state index contributed by atoms with van der Waals surface area (Å²) in [5.74, 6) is -0.274. The number of amides is 1. The van der Waals surface area contributed by atoms with Crippen molar-refractivity contribution in [2.45, 2.75) is 34.6 Å². The second kappa shape index (κ2) is 10.2. The molecule has 1 amide bonds. The van der Waals surface area contributed by atoms with Crippen LogP contribution in [-0.2, 0) is 9.53 Å². The fourth-order valence-corrected chi connectivity index (χ4v) is 4.36. The first-order valence-electron chi connectivity index (χ1n) is 10.3. The van der Waals surface area contributed by atoms with Crippen molar-refractivity contribution >= 4 is 39.8 Å². The summed E-state index contributed by atoms with van der Waals surface area (Å²) in [6.07, 6.45) is 0. The van der Waals surface area contributed by atoms with Crippen LogP contribution in [0.4, 0.5) is 5.00 Å². The number of ether oxygens (including phenoxy) is 2. The standard InChI is InChI=1S/C25H26ClNO4S/c1-6-30-25(29)22-20(18-8-7-14(2)15(3)9-18)13-32-24(22)27-21(28)12-31-19-10-16(4)23(26)17(5)11-19/h7-11,13H,6,12H2,1-5H3,(H,27,28). The molecule has 2 aromatic carbocycles. The third-order valence-corrected chi connectivity index (χ3v) is 6.61. The lowest BCUT2D eigenvalue weighted by Gasteiger charge is -2.11. The lowest BCUT2D eigenvalue weighted by molar-refractivity contribution is -0.118. The van der Waals surface area contributed by atoms with Gasteiger partial charge in [0.1, 0.15) is 16.3 Å². The van der Waals surface area contributed by atoms with Crippen molar-refractivity contribution in [3.05, 3.63) is 68.6 Å². The summed E-state index contributed by atoms with van der Waals surface area (Å²) >= 11 is 7.47. The van der Waals surface area contributed by atoms with Gasteiger partial charge < -0.3 is 14.8 Å².